The summed E-state index contributed by atoms with van der Waals surface area (Å²) in [6, 6.07) is 10.1. The molecule has 5 heteroatoms. The van der Waals surface area contributed by atoms with Crippen LogP contribution in [0.25, 0.3) is 6.08 Å². The molecular weight excluding hydrogens is 314 g/mol. The van der Waals surface area contributed by atoms with Gasteiger partial charge < -0.3 is 9.80 Å². The Bertz CT molecular complexity index is 642. The molecule has 0 unspecified atom stereocenters. The molecule has 3 fully saturated rings. The highest BCUT2D eigenvalue weighted by Crippen LogP contribution is 2.28. The van der Waals surface area contributed by atoms with Gasteiger partial charge in [-0.1, -0.05) is 30.3 Å². The third kappa shape index (κ3) is 4.48. The van der Waals surface area contributed by atoms with E-state index < -0.39 is 0 Å². The van der Waals surface area contributed by atoms with E-state index in [9.17, 15) is 9.59 Å². The van der Waals surface area contributed by atoms with Crippen LogP contribution in [0.5, 0.6) is 0 Å². The predicted octanol–water partition coefficient (Wildman–Crippen LogP) is 1.71. The molecule has 5 nitrogen and oxygen atoms in total. The van der Waals surface area contributed by atoms with Crippen molar-refractivity contribution in [3.63, 3.8) is 0 Å². The fourth-order valence-electron chi connectivity index (χ4n) is 3.74. The second kappa shape index (κ2) is 7.83. The highest BCUT2D eigenvalue weighted by atomic mass is 16.2. The van der Waals surface area contributed by atoms with Gasteiger partial charge in [0.1, 0.15) is 0 Å². The van der Waals surface area contributed by atoms with E-state index in [4.69, 9.17) is 0 Å². The Balaban J connectivity index is 1.65. The molecule has 3 saturated heterocycles. The number of carbonyl (C=O) groups is 2. The molecule has 0 aromatic heterocycles. The molecule has 3 heterocycles. The maximum Gasteiger partial charge on any atom is 0.246 e. The fourth-order valence-corrected chi connectivity index (χ4v) is 3.74. The first-order chi connectivity index (χ1) is 12.0. The zero-order valence-corrected chi connectivity index (χ0v) is 15.1. The van der Waals surface area contributed by atoms with E-state index in [1.807, 2.05) is 41.3 Å². The summed E-state index contributed by atoms with van der Waals surface area (Å²) in [5, 5.41) is 0. The Kier molecular flexibility index (Phi) is 5.53. The Hall–Kier alpha value is -2.14. The largest absolute Gasteiger partial charge is 0.348 e. The molecule has 2 amide bonds. The number of piperidine rings is 1. The van der Waals surface area contributed by atoms with Gasteiger partial charge in [-0.15, -0.1) is 0 Å². The van der Waals surface area contributed by atoms with Gasteiger partial charge in [0.05, 0.1) is 6.54 Å². The van der Waals surface area contributed by atoms with E-state index in [2.05, 4.69) is 4.90 Å². The number of fused-ring (bicyclic) bond motifs is 4. The van der Waals surface area contributed by atoms with Crippen LogP contribution in [0.4, 0.5) is 0 Å². The van der Waals surface area contributed by atoms with Crippen molar-refractivity contribution in [3.05, 3.63) is 42.0 Å². The lowest BCUT2D eigenvalue weighted by molar-refractivity contribution is -0.130. The van der Waals surface area contributed by atoms with Crippen molar-refractivity contribution in [3.8, 4) is 0 Å². The topological polar surface area (TPSA) is 43.9 Å². The molecule has 1 aromatic rings. The lowest BCUT2D eigenvalue weighted by Gasteiger charge is -2.35. The van der Waals surface area contributed by atoms with Crippen molar-refractivity contribution in [1.82, 2.24) is 14.7 Å². The third-order valence-corrected chi connectivity index (χ3v) is 5.15. The van der Waals surface area contributed by atoms with Gasteiger partial charge in [-0.25, -0.2) is 0 Å². The van der Waals surface area contributed by atoms with Gasteiger partial charge in [0.25, 0.3) is 0 Å². The number of amides is 2. The maximum absolute atomic E-state index is 12.7. The zero-order valence-electron chi connectivity index (χ0n) is 15.1. The van der Waals surface area contributed by atoms with E-state index in [1.54, 1.807) is 25.1 Å². The summed E-state index contributed by atoms with van der Waals surface area (Å²) in [5.41, 5.74) is 1.04. The molecule has 0 radical (unpaired) electrons. The molecule has 4 rings (SSSR count). The minimum Gasteiger partial charge on any atom is -0.348 e. The fraction of sp³-hybridized carbons (Fsp3) is 0.500. The number of nitrogens with zero attached hydrogens (tertiary/aromatic N) is 3. The molecule has 0 saturated carbocycles. The molecular formula is C20H27N3O2. The number of hydrogen-bond acceptors (Lipinski definition) is 3. The summed E-state index contributed by atoms with van der Waals surface area (Å²) in [7, 11) is 3.58. The van der Waals surface area contributed by atoms with Crippen molar-refractivity contribution in [2.75, 3.05) is 40.3 Å². The third-order valence-electron chi connectivity index (χ3n) is 5.15. The molecule has 3 aliphatic rings. The lowest BCUT2D eigenvalue weighted by Crippen LogP contribution is -2.47. The number of hydrogen-bond donors (Lipinski definition) is 0. The number of carbonyl (C=O) groups excluding carboxylic acids is 2. The van der Waals surface area contributed by atoms with Crippen molar-refractivity contribution in [2.45, 2.75) is 18.9 Å². The molecule has 25 heavy (non-hydrogen) atoms. The van der Waals surface area contributed by atoms with E-state index in [-0.39, 0.29) is 17.9 Å². The summed E-state index contributed by atoms with van der Waals surface area (Å²) >= 11 is 0. The van der Waals surface area contributed by atoms with Gasteiger partial charge in [-0.2, -0.15) is 0 Å². The van der Waals surface area contributed by atoms with Crippen molar-refractivity contribution >= 4 is 17.9 Å². The van der Waals surface area contributed by atoms with E-state index >= 15 is 0 Å². The Morgan fingerprint density at radius 3 is 2.60 bits per heavy atom. The van der Waals surface area contributed by atoms with E-state index in [0.717, 1.165) is 38.0 Å². The molecule has 2 bridgehead atoms. The van der Waals surface area contributed by atoms with Crippen LogP contribution in [0, 0.1) is 5.92 Å². The SMILES string of the molecule is CN(C)C(=O)CN1C[C@H]2CC[C@@H](C1)N(C(=O)/C=C/c1ccccc1)C2. The second-order valence-corrected chi connectivity index (χ2v) is 7.31. The Labute approximate surface area is 149 Å². The summed E-state index contributed by atoms with van der Waals surface area (Å²) in [6.07, 6.45) is 5.74. The summed E-state index contributed by atoms with van der Waals surface area (Å²) in [6.45, 7) is 2.94. The predicted molar refractivity (Wildman–Crippen MR) is 98.8 cm³/mol. The summed E-state index contributed by atoms with van der Waals surface area (Å²) in [4.78, 5) is 30.6. The maximum atomic E-state index is 12.7. The average molecular weight is 341 g/mol. The smallest absolute Gasteiger partial charge is 0.246 e. The van der Waals surface area contributed by atoms with E-state index in [0.29, 0.717) is 12.5 Å². The normalized spacial score (nSPS) is 23.7. The Morgan fingerprint density at radius 1 is 1.12 bits per heavy atom. The molecule has 134 valence electrons. The number of likely N-dealkylation sites (N-methyl/N-ethyl adjacent to an activating group) is 1. The molecule has 0 spiro atoms. The molecule has 3 aliphatic heterocycles. The van der Waals surface area contributed by atoms with Crippen LogP contribution in [0.15, 0.2) is 36.4 Å². The van der Waals surface area contributed by atoms with Crippen LogP contribution in [0.3, 0.4) is 0 Å². The van der Waals surface area contributed by atoms with Crippen LogP contribution in [-0.4, -0.2) is 72.8 Å². The highest BCUT2D eigenvalue weighted by molar-refractivity contribution is 5.92. The molecule has 1 aromatic carbocycles. The molecule has 0 aliphatic carbocycles. The van der Waals surface area contributed by atoms with Crippen molar-refractivity contribution < 1.29 is 9.59 Å². The molecule has 0 N–H and O–H groups in total. The van der Waals surface area contributed by atoms with Crippen LogP contribution >= 0.6 is 0 Å². The van der Waals surface area contributed by atoms with Crippen LogP contribution < -0.4 is 0 Å². The quantitative estimate of drug-likeness (QED) is 0.783. The van der Waals surface area contributed by atoms with Gasteiger partial charge >= 0.3 is 0 Å². The summed E-state index contributed by atoms with van der Waals surface area (Å²) < 4.78 is 0. The first-order valence-electron chi connectivity index (χ1n) is 8.99. The van der Waals surface area contributed by atoms with Crippen LogP contribution in [0.2, 0.25) is 0 Å². The van der Waals surface area contributed by atoms with Gasteiger partial charge in [0.15, 0.2) is 0 Å². The minimum absolute atomic E-state index is 0.0827. The number of benzene rings is 1. The Morgan fingerprint density at radius 2 is 1.88 bits per heavy atom. The van der Waals surface area contributed by atoms with Crippen LogP contribution in [-0.2, 0) is 9.59 Å². The summed E-state index contributed by atoms with van der Waals surface area (Å²) in [5.74, 6) is 0.672. The molecule has 2 atom stereocenters. The second-order valence-electron chi connectivity index (χ2n) is 7.31. The zero-order chi connectivity index (χ0) is 17.8. The van der Waals surface area contributed by atoms with Gasteiger partial charge in [0, 0.05) is 45.8 Å². The first kappa shape index (κ1) is 17.7. The standard InChI is InChI=1S/C20H27N3O2/c1-21(2)20(25)15-22-12-17-8-10-18(14-22)23(13-17)19(24)11-9-16-6-4-3-5-7-16/h3-7,9,11,17-18H,8,10,12-15H2,1-2H3/b11-9+/t17-,18+/m1/s1. The monoisotopic (exact) mass is 341 g/mol. The van der Waals surface area contributed by atoms with Gasteiger partial charge in [0.2, 0.25) is 11.8 Å². The van der Waals surface area contributed by atoms with Gasteiger partial charge in [-0.05, 0) is 30.4 Å². The average Bonchev–Trinajstić information content (AvgIpc) is 2.91. The number of rotatable bonds is 4. The highest BCUT2D eigenvalue weighted by Gasteiger charge is 2.36. The van der Waals surface area contributed by atoms with Crippen molar-refractivity contribution in [1.29, 1.82) is 0 Å². The van der Waals surface area contributed by atoms with Crippen LogP contribution in [0.1, 0.15) is 18.4 Å². The lowest BCUT2D eigenvalue weighted by atomic mass is 9.95. The van der Waals surface area contributed by atoms with Gasteiger partial charge in [-0.3, -0.25) is 14.5 Å². The van der Waals surface area contributed by atoms with E-state index in [1.165, 1.54) is 0 Å². The first-order valence-corrected chi connectivity index (χ1v) is 8.99. The van der Waals surface area contributed by atoms with Crippen molar-refractivity contribution in [2.24, 2.45) is 5.92 Å². The minimum atomic E-state index is 0.0827.